The molecule has 0 saturated heterocycles. The second-order valence-electron chi connectivity index (χ2n) is 6.81. The van der Waals surface area contributed by atoms with Gasteiger partial charge in [0, 0.05) is 16.9 Å². The first-order valence-corrected chi connectivity index (χ1v) is 12.1. The minimum Gasteiger partial charge on any atom is -0.263 e. The molecule has 1 aromatic heterocycles. The fraction of sp³-hybridized carbons (Fsp3) is 0.238. The molecule has 0 aliphatic heterocycles. The van der Waals surface area contributed by atoms with Crippen molar-refractivity contribution < 1.29 is 8.42 Å². The van der Waals surface area contributed by atoms with E-state index in [4.69, 9.17) is 11.6 Å². The van der Waals surface area contributed by atoms with E-state index in [9.17, 15) is 8.42 Å². The van der Waals surface area contributed by atoms with Crippen LogP contribution in [0.4, 0.5) is 5.82 Å². The maximum Gasteiger partial charge on any atom is 0.263 e. The zero-order chi connectivity index (χ0) is 21.0. The molecule has 0 aliphatic rings. The standard InChI is InChI=1S/C21H22ClN3O2S2/c1-14(2)15-8-10-17(11-9-15)29(26,27)25-21-18(20(22)23-13-24-21)12-16-6-4-5-7-19(16)28-3/h4-11,13-14H,12H2,1-3H3,(H,23,24,25). The normalized spacial score (nSPS) is 11.6. The molecule has 0 fully saturated rings. The molecule has 2 aromatic carbocycles. The number of hydrogen-bond acceptors (Lipinski definition) is 5. The van der Waals surface area contributed by atoms with E-state index in [1.54, 1.807) is 23.9 Å². The van der Waals surface area contributed by atoms with Crippen molar-refractivity contribution in [1.29, 1.82) is 0 Å². The second-order valence-corrected chi connectivity index (χ2v) is 9.70. The average Bonchev–Trinajstić information content (AvgIpc) is 2.70. The summed E-state index contributed by atoms with van der Waals surface area (Å²) < 4.78 is 28.4. The quantitative estimate of drug-likeness (QED) is 0.389. The molecule has 0 unspecified atom stereocenters. The molecule has 0 amide bonds. The maximum atomic E-state index is 12.9. The van der Waals surface area contributed by atoms with Crippen LogP contribution in [0.25, 0.3) is 0 Å². The Balaban J connectivity index is 1.94. The molecular formula is C21H22ClN3O2S2. The van der Waals surface area contributed by atoms with Gasteiger partial charge in [0.05, 0.1) is 4.90 Å². The number of benzene rings is 2. The molecule has 3 aromatic rings. The summed E-state index contributed by atoms with van der Waals surface area (Å²) in [6, 6.07) is 14.7. The lowest BCUT2D eigenvalue weighted by atomic mass is 10.0. The molecule has 0 atom stereocenters. The molecule has 8 heteroatoms. The number of aromatic nitrogens is 2. The van der Waals surface area contributed by atoms with Crippen LogP contribution < -0.4 is 4.72 Å². The van der Waals surface area contributed by atoms with Crippen LogP contribution in [-0.2, 0) is 16.4 Å². The average molecular weight is 448 g/mol. The van der Waals surface area contributed by atoms with E-state index in [2.05, 4.69) is 28.5 Å². The van der Waals surface area contributed by atoms with E-state index in [0.717, 1.165) is 16.0 Å². The summed E-state index contributed by atoms with van der Waals surface area (Å²) in [5.41, 5.74) is 2.64. The lowest BCUT2D eigenvalue weighted by molar-refractivity contribution is 0.601. The number of nitrogens with one attached hydrogen (secondary N) is 1. The van der Waals surface area contributed by atoms with E-state index in [1.165, 1.54) is 6.33 Å². The van der Waals surface area contributed by atoms with Crippen molar-refractivity contribution in [2.75, 3.05) is 11.0 Å². The largest absolute Gasteiger partial charge is 0.263 e. The molecule has 1 N–H and O–H groups in total. The Kier molecular flexibility index (Phi) is 6.82. The topological polar surface area (TPSA) is 72.0 Å². The third kappa shape index (κ3) is 5.10. The molecule has 0 bridgehead atoms. The van der Waals surface area contributed by atoms with E-state index < -0.39 is 10.0 Å². The third-order valence-corrected chi connectivity index (χ3v) is 7.06. The summed E-state index contributed by atoms with van der Waals surface area (Å²) in [6.45, 7) is 4.12. The second kappa shape index (κ2) is 9.15. The van der Waals surface area contributed by atoms with Crippen LogP contribution >= 0.6 is 23.4 Å². The summed E-state index contributed by atoms with van der Waals surface area (Å²) in [7, 11) is -3.81. The number of anilines is 1. The minimum absolute atomic E-state index is 0.173. The molecule has 152 valence electrons. The molecule has 0 aliphatic carbocycles. The summed E-state index contributed by atoms with van der Waals surface area (Å²) in [5, 5.41) is 0.226. The molecule has 1 heterocycles. The highest BCUT2D eigenvalue weighted by atomic mass is 35.5. The molecule has 3 rings (SSSR count). The van der Waals surface area contributed by atoms with Gasteiger partial charge in [0.2, 0.25) is 0 Å². The zero-order valence-corrected chi connectivity index (χ0v) is 18.8. The smallest absolute Gasteiger partial charge is 0.263 e. The van der Waals surface area contributed by atoms with Crippen molar-refractivity contribution in [3.63, 3.8) is 0 Å². The fourth-order valence-electron chi connectivity index (χ4n) is 2.89. The van der Waals surface area contributed by atoms with Crippen molar-refractivity contribution in [3.8, 4) is 0 Å². The van der Waals surface area contributed by atoms with Gasteiger partial charge >= 0.3 is 0 Å². The van der Waals surface area contributed by atoms with E-state index in [0.29, 0.717) is 17.9 Å². The van der Waals surface area contributed by atoms with Crippen LogP contribution in [0.5, 0.6) is 0 Å². The van der Waals surface area contributed by atoms with Crippen LogP contribution in [-0.4, -0.2) is 24.6 Å². The number of hydrogen-bond donors (Lipinski definition) is 1. The van der Waals surface area contributed by atoms with E-state index >= 15 is 0 Å². The van der Waals surface area contributed by atoms with Crippen LogP contribution in [0.15, 0.2) is 64.6 Å². The SMILES string of the molecule is CSc1ccccc1Cc1c(Cl)ncnc1NS(=O)(=O)c1ccc(C(C)C)cc1. The van der Waals surface area contributed by atoms with Gasteiger partial charge in [-0.3, -0.25) is 4.72 Å². The Hall–Kier alpha value is -2.09. The fourth-order valence-corrected chi connectivity index (χ4v) is 4.75. The predicted octanol–water partition coefficient (Wildman–Crippen LogP) is 5.37. The summed E-state index contributed by atoms with van der Waals surface area (Å²) >= 11 is 7.93. The lowest BCUT2D eigenvalue weighted by Gasteiger charge is -2.14. The Morgan fingerprint density at radius 2 is 1.76 bits per heavy atom. The first-order chi connectivity index (χ1) is 13.8. The highest BCUT2D eigenvalue weighted by Crippen LogP contribution is 2.29. The Morgan fingerprint density at radius 1 is 1.07 bits per heavy atom. The van der Waals surface area contributed by atoms with Gasteiger partial charge in [-0.15, -0.1) is 11.8 Å². The van der Waals surface area contributed by atoms with Gasteiger partial charge in [0.15, 0.2) is 0 Å². The van der Waals surface area contributed by atoms with Crippen molar-refractivity contribution in [1.82, 2.24) is 9.97 Å². The molecule has 0 saturated carbocycles. The van der Waals surface area contributed by atoms with E-state index in [1.807, 2.05) is 42.7 Å². The highest BCUT2D eigenvalue weighted by Gasteiger charge is 2.20. The predicted molar refractivity (Wildman–Crippen MR) is 119 cm³/mol. The number of sulfonamides is 1. The van der Waals surface area contributed by atoms with Gasteiger partial charge in [-0.05, 0) is 41.5 Å². The molecule has 0 radical (unpaired) electrons. The third-order valence-electron chi connectivity index (χ3n) is 4.54. The molecule has 29 heavy (non-hydrogen) atoms. The van der Waals surface area contributed by atoms with Gasteiger partial charge in [-0.1, -0.05) is 55.8 Å². The Bertz CT molecular complexity index is 1100. The first kappa shape index (κ1) is 21.6. The van der Waals surface area contributed by atoms with Crippen molar-refractivity contribution in [2.24, 2.45) is 0 Å². The van der Waals surface area contributed by atoms with E-state index in [-0.39, 0.29) is 15.9 Å². The van der Waals surface area contributed by atoms with Crippen LogP contribution in [0, 0.1) is 0 Å². The highest BCUT2D eigenvalue weighted by molar-refractivity contribution is 7.98. The van der Waals surface area contributed by atoms with Crippen molar-refractivity contribution in [3.05, 3.63) is 76.7 Å². The Labute approximate surface area is 181 Å². The number of thioether (sulfide) groups is 1. The minimum atomic E-state index is -3.81. The lowest BCUT2D eigenvalue weighted by Crippen LogP contribution is -2.16. The van der Waals surface area contributed by atoms with Crippen LogP contribution in [0.3, 0.4) is 0 Å². The number of halogens is 1. The number of rotatable bonds is 7. The molecule has 5 nitrogen and oxygen atoms in total. The zero-order valence-electron chi connectivity index (χ0n) is 16.4. The number of nitrogens with zero attached hydrogens (tertiary/aromatic N) is 2. The van der Waals surface area contributed by atoms with Gasteiger partial charge in [0.1, 0.15) is 17.3 Å². The van der Waals surface area contributed by atoms with Crippen LogP contribution in [0.1, 0.15) is 36.5 Å². The van der Waals surface area contributed by atoms with Gasteiger partial charge in [0.25, 0.3) is 10.0 Å². The summed E-state index contributed by atoms with van der Waals surface area (Å²) in [4.78, 5) is 9.45. The first-order valence-electron chi connectivity index (χ1n) is 9.06. The van der Waals surface area contributed by atoms with Gasteiger partial charge in [-0.25, -0.2) is 18.4 Å². The summed E-state index contributed by atoms with van der Waals surface area (Å²) in [5.74, 6) is 0.511. The van der Waals surface area contributed by atoms with Crippen LogP contribution in [0.2, 0.25) is 5.15 Å². The molecule has 0 spiro atoms. The van der Waals surface area contributed by atoms with Crippen molar-refractivity contribution in [2.45, 2.75) is 36.0 Å². The van der Waals surface area contributed by atoms with Crippen molar-refractivity contribution >= 4 is 39.2 Å². The van der Waals surface area contributed by atoms with Gasteiger partial charge in [-0.2, -0.15) is 0 Å². The van der Waals surface area contributed by atoms with Gasteiger partial charge < -0.3 is 0 Å². The Morgan fingerprint density at radius 3 is 2.41 bits per heavy atom. The maximum absolute atomic E-state index is 12.9. The molecular weight excluding hydrogens is 426 g/mol. The monoisotopic (exact) mass is 447 g/mol. The summed E-state index contributed by atoms with van der Waals surface area (Å²) in [6.07, 6.45) is 3.67.